The lowest BCUT2D eigenvalue weighted by Crippen LogP contribution is -2.55. The van der Waals surface area contributed by atoms with Gasteiger partial charge in [0.2, 0.25) is 0 Å². The summed E-state index contributed by atoms with van der Waals surface area (Å²) in [6.07, 6.45) is 0. The van der Waals surface area contributed by atoms with E-state index >= 15 is 0 Å². The Morgan fingerprint density at radius 3 is 0.923 bits per heavy atom. The quantitative estimate of drug-likeness (QED) is 0.627. The van der Waals surface area contributed by atoms with Gasteiger partial charge in [0, 0.05) is 11.0 Å². The number of nitrogens with one attached hydrogen (secondary N) is 2. The zero-order valence-electron chi connectivity index (χ0n) is 10.5. The molecule has 2 nitrogen and oxygen atoms in total. The van der Waals surface area contributed by atoms with E-state index in [1.54, 1.807) is 0 Å². The fourth-order valence-corrected chi connectivity index (χ4v) is 10.1. The molecule has 0 aliphatic carbocycles. The van der Waals surface area contributed by atoms with Crippen molar-refractivity contribution in [1.29, 1.82) is 0 Å². The van der Waals surface area contributed by atoms with E-state index in [1.807, 2.05) is 0 Å². The topological polar surface area (TPSA) is 24.1 Å². The van der Waals surface area contributed by atoms with Crippen molar-refractivity contribution in [3.8, 4) is 0 Å². The van der Waals surface area contributed by atoms with Crippen LogP contribution < -0.4 is 9.30 Å². The first-order valence-electron chi connectivity index (χ1n) is 4.50. The summed E-state index contributed by atoms with van der Waals surface area (Å²) in [6.45, 7) is 14.1. The van der Waals surface area contributed by atoms with E-state index in [-0.39, 0.29) is 11.0 Å². The van der Waals surface area contributed by atoms with Gasteiger partial charge in [0.1, 0.15) is 16.5 Å². The normalized spacial score (nSPS) is 11.5. The van der Waals surface area contributed by atoms with Crippen LogP contribution in [0.25, 0.3) is 0 Å². The van der Waals surface area contributed by atoms with Crippen molar-refractivity contribution in [1.82, 2.24) is 9.30 Å². The molecule has 0 atom stereocenters. The average Bonchev–Trinajstić information content (AvgIpc) is 1.53. The second-order valence-corrected chi connectivity index (χ2v) is 19.1. The summed E-state index contributed by atoms with van der Waals surface area (Å²) in [4.78, 5) is 0. The van der Waals surface area contributed by atoms with Gasteiger partial charge >= 0.3 is 0 Å². The summed E-state index contributed by atoms with van der Waals surface area (Å²) in [5.41, 5.74) is 0. The van der Waals surface area contributed by atoms with Crippen LogP contribution in [-0.2, 0) is 0 Å². The summed E-state index contributed by atoms with van der Waals surface area (Å²) in [5, 5.41) is 0. The molecule has 0 fully saturated rings. The van der Waals surface area contributed by atoms with E-state index in [1.165, 1.54) is 20.8 Å². The largest absolute Gasteiger partial charge is 0.374 e. The standard InChI is InChI=1S/C6H19NSi2.H7NSi2.Si/c1-8(2,3)7-9(4,5)6;2-1-3;/h7H,1-6H3;1H,2-3H3;. The fourth-order valence-electron chi connectivity index (χ4n) is 1.12. The molecule has 0 heterocycles. The first-order chi connectivity index (χ1) is 5.12. The van der Waals surface area contributed by atoms with Crippen molar-refractivity contribution in [2.75, 3.05) is 0 Å². The maximum Gasteiger partial charge on any atom is 0.109 e. The molecule has 0 unspecified atom stereocenters. The Bertz CT molecular complexity index is 94.6. The highest BCUT2D eigenvalue weighted by Crippen LogP contribution is 2.02. The van der Waals surface area contributed by atoms with Gasteiger partial charge in [0.15, 0.2) is 0 Å². The Labute approximate surface area is 96.9 Å². The summed E-state index contributed by atoms with van der Waals surface area (Å²) in [5.74, 6) is 0. The highest BCUT2D eigenvalue weighted by molar-refractivity contribution is 6.90. The van der Waals surface area contributed by atoms with Crippen LogP contribution in [0.4, 0.5) is 0 Å². The molecule has 0 aromatic rings. The number of rotatable bonds is 2. The van der Waals surface area contributed by atoms with Crippen molar-refractivity contribution in [2.45, 2.75) is 39.3 Å². The molecule has 0 aromatic carbocycles. The lowest BCUT2D eigenvalue weighted by molar-refractivity contribution is 1.30. The molecule has 0 saturated carbocycles. The molecule has 0 amide bonds. The van der Waals surface area contributed by atoms with E-state index in [2.05, 4.69) is 48.6 Å². The minimum atomic E-state index is -0.981. The van der Waals surface area contributed by atoms with Gasteiger partial charge in [-0.25, -0.2) is 0 Å². The van der Waals surface area contributed by atoms with Crippen LogP contribution in [-0.4, -0.2) is 48.2 Å². The predicted octanol–water partition coefficient (Wildman–Crippen LogP) is -0.998. The van der Waals surface area contributed by atoms with Crippen LogP contribution in [0, 0.1) is 0 Å². The van der Waals surface area contributed by atoms with Crippen LogP contribution in [0.15, 0.2) is 0 Å². The number of hydrogen-bond acceptors (Lipinski definition) is 2. The molecule has 2 N–H and O–H groups in total. The van der Waals surface area contributed by atoms with Gasteiger partial charge in [-0.3, -0.25) is 0 Å². The van der Waals surface area contributed by atoms with E-state index in [4.69, 9.17) is 0 Å². The Hall–Kier alpha value is 1.00. The minimum Gasteiger partial charge on any atom is -0.374 e. The molecule has 7 heteroatoms. The Morgan fingerprint density at radius 2 is 0.923 bits per heavy atom. The maximum absolute atomic E-state index is 3.74. The maximum atomic E-state index is 3.74. The monoisotopic (exact) mass is 266 g/mol. The van der Waals surface area contributed by atoms with E-state index < -0.39 is 16.5 Å². The molecule has 0 saturated heterocycles. The first-order valence-corrected chi connectivity index (χ1v) is 13.5. The molecule has 0 aromatic heterocycles. The lowest BCUT2D eigenvalue weighted by atomic mass is 11.8. The summed E-state index contributed by atoms with van der Waals surface area (Å²) < 4.78 is 6.76. The van der Waals surface area contributed by atoms with Gasteiger partial charge in [-0.2, -0.15) is 0 Å². The molecule has 4 radical (unpaired) electrons. The van der Waals surface area contributed by atoms with Crippen LogP contribution >= 0.6 is 0 Å². The van der Waals surface area contributed by atoms with Crippen molar-refractivity contribution >= 4 is 48.2 Å². The Morgan fingerprint density at radius 1 is 0.769 bits per heavy atom. The zero-order chi connectivity index (χ0) is 10.4. The van der Waals surface area contributed by atoms with E-state index in [9.17, 15) is 0 Å². The molecule has 0 bridgehead atoms. The molecular weight excluding hydrogens is 241 g/mol. The molecule has 0 aliphatic rings. The van der Waals surface area contributed by atoms with Crippen LogP contribution in [0.5, 0.6) is 0 Å². The predicted molar refractivity (Wildman–Crippen MR) is 78.6 cm³/mol. The Kier molecular flexibility index (Phi) is 12.5. The summed E-state index contributed by atoms with van der Waals surface area (Å²) in [7, 11) is 0.399. The summed E-state index contributed by atoms with van der Waals surface area (Å²) in [6, 6.07) is 0. The molecule has 0 rings (SSSR count). The van der Waals surface area contributed by atoms with Gasteiger partial charge in [0.25, 0.3) is 0 Å². The zero-order valence-corrected chi connectivity index (χ0v) is 17.5. The second-order valence-electron chi connectivity index (χ2n) is 5.12. The molecule has 0 aliphatic heterocycles. The lowest BCUT2D eigenvalue weighted by Gasteiger charge is -2.28. The SMILES string of the molecule is C[Si](C)(C)N[Si](C)(C)C.[SiH3]N[SiH3].[Si]. The van der Waals surface area contributed by atoms with Gasteiger partial charge < -0.3 is 9.30 Å². The van der Waals surface area contributed by atoms with E-state index in [0.29, 0.717) is 0 Å². The van der Waals surface area contributed by atoms with Crippen molar-refractivity contribution in [3.05, 3.63) is 0 Å². The number of hydrogen-bond donors (Lipinski definition) is 2. The van der Waals surface area contributed by atoms with Crippen LogP contribution in [0.3, 0.4) is 0 Å². The molecule has 80 valence electrons. The fraction of sp³-hybridized carbons (Fsp3) is 1.00. The smallest absolute Gasteiger partial charge is 0.109 e. The first kappa shape index (κ1) is 19.6. The third kappa shape index (κ3) is 32.1. The average molecular weight is 267 g/mol. The van der Waals surface area contributed by atoms with Gasteiger partial charge in [0.05, 0.1) is 20.8 Å². The van der Waals surface area contributed by atoms with E-state index in [0.717, 1.165) is 0 Å². The van der Waals surface area contributed by atoms with Crippen molar-refractivity contribution < 1.29 is 0 Å². The van der Waals surface area contributed by atoms with Crippen LogP contribution in [0.2, 0.25) is 39.3 Å². The van der Waals surface area contributed by atoms with Crippen LogP contribution in [0.1, 0.15) is 0 Å². The Balaban J connectivity index is -0.000000220. The second kappa shape index (κ2) is 8.32. The van der Waals surface area contributed by atoms with Gasteiger partial charge in [-0.05, 0) is 0 Å². The molecular formula is C6H26N2Si5. The summed E-state index contributed by atoms with van der Waals surface area (Å²) >= 11 is 0. The van der Waals surface area contributed by atoms with Crippen molar-refractivity contribution in [3.63, 3.8) is 0 Å². The van der Waals surface area contributed by atoms with Gasteiger partial charge in [-0.1, -0.05) is 39.3 Å². The molecule has 13 heavy (non-hydrogen) atoms. The third-order valence-electron chi connectivity index (χ3n) is 0.750. The van der Waals surface area contributed by atoms with Gasteiger partial charge in [-0.15, -0.1) is 0 Å². The molecule has 0 spiro atoms. The van der Waals surface area contributed by atoms with Crippen molar-refractivity contribution in [2.24, 2.45) is 0 Å². The minimum absolute atomic E-state index is 0. The highest BCUT2D eigenvalue weighted by Gasteiger charge is 2.22. The third-order valence-corrected chi connectivity index (χ3v) is 6.75. The highest BCUT2D eigenvalue weighted by atomic mass is 28.4.